The van der Waals surface area contributed by atoms with Crippen LogP contribution in [0, 0.1) is 5.41 Å². The number of anilines is 2. The number of phenolic OH excluding ortho intramolecular Hbond substituents is 1. The number of aliphatic hydroxyl groups excluding tert-OH is 1. The number of aromatic hydroxyl groups is 1. The van der Waals surface area contributed by atoms with E-state index in [1.54, 1.807) is 34.1 Å². The summed E-state index contributed by atoms with van der Waals surface area (Å²) >= 11 is 0. The summed E-state index contributed by atoms with van der Waals surface area (Å²) in [5.41, 5.74) is 7.39. The van der Waals surface area contributed by atoms with Crippen molar-refractivity contribution in [2.75, 3.05) is 43.4 Å². The Morgan fingerprint density at radius 3 is 2.40 bits per heavy atom. The molecule has 0 bridgehead atoms. The van der Waals surface area contributed by atoms with Gasteiger partial charge in [-0.2, -0.15) is 0 Å². The van der Waals surface area contributed by atoms with Gasteiger partial charge in [0.15, 0.2) is 5.82 Å². The van der Waals surface area contributed by atoms with E-state index in [0.29, 0.717) is 56.0 Å². The first-order valence-electron chi connectivity index (χ1n) is 14.6. The van der Waals surface area contributed by atoms with Gasteiger partial charge < -0.3 is 36.0 Å². The molecular formula is C30H43N7O5. The second-order valence-electron chi connectivity index (χ2n) is 12.3. The molecular weight excluding hydrogens is 538 g/mol. The number of nitrogen functional groups attached to an aromatic ring is 1. The monoisotopic (exact) mass is 581 g/mol. The molecule has 2 fully saturated rings. The maximum absolute atomic E-state index is 13.2. The molecule has 2 aromatic rings. The third-order valence-electron chi connectivity index (χ3n) is 8.00. The van der Waals surface area contributed by atoms with Crippen LogP contribution >= 0.6 is 0 Å². The van der Waals surface area contributed by atoms with Gasteiger partial charge in [-0.15, -0.1) is 10.2 Å². The van der Waals surface area contributed by atoms with E-state index >= 15 is 0 Å². The van der Waals surface area contributed by atoms with Gasteiger partial charge in [-0.25, -0.2) is 0 Å². The number of β-amino-alcohol motifs (C(OH)–C–C–N with tert-alkyl or cyclic N) is 1. The van der Waals surface area contributed by atoms with E-state index < -0.39 is 17.6 Å². The first-order valence-corrected chi connectivity index (χ1v) is 14.6. The second kappa shape index (κ2) is 12.9. The minimum atomic E-state index is -0.719. The standard InChI is InChI=1S/C30H43N7O5/c1-19-16-20(38)18-37(19)29(42)27(30(2,3)4)32-25(40)10-7-11-26(41)36-14-12-35(13-15-36)23-17-22(33-34-28(23)31)21-8-5-6-9-24(21)39/h5-6,8-9,17,19-20,27,38-39H,7,10-16,18H2,1-4H3,(H2,31,34)(H,32,40)/t19-,20-,27-/m1/s1. The van der Waals surface area contributed by atoms with Crippen molar-refractivity contribution < 1.29 is 24.6 Å². The average Bonchev–Trinajstić information content (AvgIpc) is 3.29. The lowest BCUT2D eigenvalue weighted by atomic mass is 9.85. The molecule has 3 amide bonds. The molecule has 228 valence electrons. The molecule has 2 saturated heterocycles. The van der Waals surface area contributed by atoms with Crippen LogP contribution in [0.2, 0.25) is 0 Å². The molecule has 0 spiro atoms. The molecule has 1 aromatic carbocycles. The maximum atomic E-state index is 13.2. The van der Waals surface area contributed by atoms with Crippen molar-refractivity contribution in [2.45, 2.75) is 71.6 Å². The summed E-state index contributed by atoms with van der Waals surface area (Å²) in [5, 5.41) is 31.3. The number of hydrogen-bond acceptors (Lipinski definition) is 9. The number of rotatable bonds is 8. The Morgan fingerprint density at radius 1 is 1.10 bits per heavy atom. The minimum Gasteiger partial charge on any atom is -0.507 e. The molecule has 12 nitrogen and oxygen atoms in total. The van der Waals surface area contributed by atoms with E-state index in [9.17, 15) is 24.6 Å². The summed E-state index contributed by atoms with van der Waals surface area (Å²) < 4.78 is 0. The Hall–Kier alpha value is -3.93. The number of piperazine rings is 1. The number of phenols is 1. The number of nitrogens with two attached hydrogens (primary N) is 1. The van der Waals surface area contributed by atoms with Gasteiger partial charge in [-0.3, -0.25) is 14.4 Å². The lowest BCUT2D eigenvalue weighted by Gasteiger charge is -2.36. The van der Waals surface area contributed by atoms with Gasteiger partial charge in [-0.1, -0.05) is 32.9 Å². The fourth-order valence-corrected chi connectivity index (χ4v) is 5.58. The first-order chi connectivity index (χ1) is 19.8. The van der Waals surface area contributed by atoms with E-state index in [0.717, 1.165) is 0 Å². The molecule has 2 aliphatic rings. The van der Waals surface area contributed by atoms with Crippen LogP contribution < -0.4 is 16.0 Å². The predicted octanol–water partition coefficient (Wildman–Crippen LogP) is 1.76. The maximum Gasteiger partial charge on any atom is 0.246 e. The van der Waals surface area contributed by atoms with Crippen molar-refractivity contribution in [2.24, 2.45) is 5.41 Å². The Bertz CT molecular complexity index is 1290. The third kappa shape index (κ3) is 7.28. The zero-order chi connectivity index (χ0) is 30.6. The number of likely N-dealkylation sites (tertiary alicyclic amines) is 1. The fraction of sp³-hybridized carbons (Fsp3) is 0.567. The average molecular weight is 582 g/mol. The van der Waals surface area contributed by atoms with Crippen LogP contribution in [0.1, 0.15) is 53.4 Å². The summed E-state index contributed by atoms with van der Waals surface area (Å²) in [4.78, 5) is 44.4. The number of carbonyl (C=O) groups excluding carboxylic acids is 3. The van der Waals surface area contributed by atoms with Crippen molar-refractivity contribution in [1.82, 2.24) is 25.3 Å². The van der Waals surface area contributed by atoms with Gasteiger partial charge in [0.2, 0.25) is 17.7 Å². The van der Waals surface area contributed by atoms with Gasteiger partial charge in [0.25, 0.3) is 0 Å². The van der Waals surface area contributed by atoms with Crippen molar-refractivity contribution >= 4 is 29.2 Å². The molecule has 0 unspecified atom stereocenters. The van der Waals surface area contributed by atoms with Crippen molar-refractivity contribution in [3.05, 3.63) is 30.3 Å². The number of hydrogen-bond donors (Lipinski definition) is 4. The van der Waals surface area contributed by atoms with E-state index in [2.05, 4.69) is 20.4 Å². The summed E-state index contributed by atoms with van der Waals surface area (Å²) in [6, 6.07) is 7.89. The van der Waals surface area contributed by atoms with Crippen LogP contribution in [-0.4, -0.2) is 98.8 Å². The number of nitrogens with zero attached hydrogens (tertiary/aromatic N) is 5. The number of aliphatic hydroxyl groups is 1. The van der Waals surface area contributed by atoms with Crippen LogP contribution in [0.5, 0.6) is 5.75 Å². The number of benzene rings is 1. The molecule has 3 heterocycles. The molecule has 0 aliphatic carbocycles. The quantitative estimate of drug-likeness (QED) is 0.363. The minimum absolute atomic E-state index is 0.0264. The van der Waals surface area contributed by atoms with Gasteiger partial charge in [0, 0.05) is 57.2 Å². The number of aromatic nitrogens is 2. The SMILES string of the molecule is C[C@@H]1C[C@@H](O)CN1C(=O)[C@@H](NC(=O)CCCC(=O)N1CCN(c2cc(-c3ccccc3O)nnc2N)CC1)C(C)(C)C. The van der Waals surface area contributed by atoms with Crippen molar-refractivity contribution in [1.29, 1.82) is 0 Å². The zero-order valence-electron chi connectivity index (χ0n) is 24.9. The van der Waals surface area contributed by atoms with Crippen LogP contribution in [0.15, 0.2) is 30.3 Å². The molecule has 1 aromatic heterocycles. The largest absolute Gasteiger partial charge is 0.507 e. The summed E-state index contributed by atoms with van der Waals surface area (Å²) in [7, 11) is 0. The zero-order valence-corrected chi connectivity index (χ0v) is 24.9. The van der Waals surface area contributed by atoms with Crippen LogP contribution in [-0.2, 0) is 14.4 Å². The van der Waals surface area contributed by atoms with E-state index in [4.69, 9.17) is 5.73 Å². The topological polar surface area (TPSA) is 165 Å². The highest BCUT2D eigenvalue weighted by atomic mass is 16.3. The molecule has 4 rings (SSSR count). The smallest absolute Gasteiger partial charge is 0.246 e. The van der Waals surface area contributed by atoms with Gasteiger partial charge in [-0.05, 0) is 43.4 Å². The first kappa shape index (κ1) is 31.0. The predicted molar refractivity (Wildman–Crippen MR) is 159 cm³/mol. The molecule has 2 aliphatic heterocycles. The van der Waals surface area contributed by atoms with E-state index in [1.807, 2.05) is 33.8 Å². The number of carbonyl (C=O) groups is 3. The molecule has 5 N–H and O–H groups in total. The normalized spacial score (nSPS) is 20.0. The fourth-order valence-electron chi connectivity index (χ4n) is 5.58. The van der Waals surface area contributed by atoms with E-state index in [1.165, 1.54) is 0 Å². The van der Waals surface area contributed by atoms with Gasteiger partial charge >= 0.3 is 0 Å². The number of nitrogens with one attached hydrogen (secondary N) is 1. The third-order valence-corrected chi connectivity index (χ3v) is 8.00. The van der Waals surface area contributed by atoms with Crippen LogP contribution in [0.3, 0.4) is 0 Å². The number of para-hydroxylation sites is 1. The van der Waals surface area contributed by atoms with Crippen LogP contribution in [0.25, 0.3) is 11.3 Å². The Labute approximate surface area is 246 Å². The molecule has 12 heteroatoms. The summed E-state index contributed by atoms with van der Waals surface area (Å²) in [5.74, 6) is -0.0992. The lowest BCUT2D eigenvalue weighted by molar-refractivity contribution is -0.140. The summed E-state index contributed by atoms with van der Waals surface area (Å²) in [6.07, 6.45) is 0.720. The van der Waals surface area contributed by atoms with Gasteiger partial charge in [0.1, 0.15) is 11.8 Å². The molecule has 0 saturated carbocycles. The second-order valence-corrected chi connectivity index (χ2v) is 12.3. The van der Waals surface area contributed by atoms with Gasteiger partial charge in [0.05, 0.1) is 17.5 Å². The molecule has 42 heavy (non-hydrogen) atoms. The Kier molecular flexibility index (Phi) is 9.55. The highest BCUT2D eigenvalue weighted by molar-refractivity contribution is 5.89. The Balaban J connectivity index is 1.26. The lowest BCUT2D eigenvalue weighted by Crippen LogP contribution is -2.55. The Morgan fingerprint density at radius 2 is 1.79 bits per heavy atom. The summed E-state index contributed by atoms with van der Waals surface area (Å²) in [6.45, 7) is 9.99. The molecule has 3 atom stereocenters. The highest BCUT2D eigenvalue weighted by Gasteiger charge is 2.40. The van der Waals surface area contributed by atoms with Crippen LogP contribution in [0.4, 0.5) is 11.5 Å². The molecule has 0 radical (unpaired) electrons. The number of amides is 3. The van der Waals surface area contributed by atoms with Crippen molar-refractivity contribution in [3.63, 3.8) is 0 Å². The van der Waals surface area contributed by atoms with E-state index in [-0.39, 0.29) is 54.7 Å². The highest BCUT2D eigenvalue weighted by Crippen LogP contribution is 2.32. The van der Waals surface area contributed by atoms with Crippen molar-refractivity contribution in [3.8, 4) is 17.0 Å².